The van der Waals surface area contributed by atoms with E-state index >= 15 is 0 Å². The van der Waals surface area contributed by atoms with Crippen molar-refractivity contribution < 1.29 is 9.32 Å². The van der Waals surface area contributed by atoms with Crippen molar-refractivity contribution in [2.45, 2.75) is 13.5 Å². The van der Waals surface area contributed by atoms with Crippen LogP contribution in [0.2, 0.25) is 0 Å². The van der Waals surface area contributed by atoms with Gasteiger partial charge in [0.1, 0.15) is 18.6 Å². The standard InChI is InChI=1S/C16H13N7O3/c1-10-7-12(20-26-10)18-13(24)8-22-9-17-15-14(16(22)25)19-21-23(15)11-5-3-2-4-6-11/h2-7,9H,8H2,1H3,(H,18,20,24). The highest BCUT2D eigenvalue weighted by Gasteiger charge is 2.15. The Balaban J connectivity index is 1.62. The van der Waals surface area contributed by atoms with Crippen LogP contribution in [0, 0.1) is 6.92 Å². The second-order valence-corrected chi connectivity index (χ2v) is 5.56. The van der Waals surface area contributed by atoms with E-state index in [1.165, 1.54) is 11.0 Å². The average Bonchev–Trinajstić information content (AvgIpc) is 3.24. The average molecular weight is 351 g/mol. The monoisotopic (exact) mass is 351 g/mol. The zero-order valence-corrected chi connectivity index (χ0v) is 13.7. The second-order valence-electron chi connectivity index (χ2n) is 5.56. The maximum absolute atomic E-state index is 12.6. The molecule has 0 unspecified atom stereocenters. The summed E-state index contributed by atoms with van der Waals surface area (Å²) in [6, 6.07) is 10.8. The minimum absolute atomic E-state index is 0.0847. The minimum atomic E-state index is -0.455. The Kier molecular flexibility index (Phi) is 3.77. The molecule has 0 radical (unpaired) electrons. The van der Waals surface area contributed by atoms with Crippen molar-refractivity contribution in [1.29, 1.82) is 0 Å². The van der Waals surface area contributed by atoms with Crippen LogP contribution in [-0.2, 0) is 11.3 Å². The van der Waals surface area contributed by atoms with Gasteiger partial charge in [0, 0.05) is 6.07 Å². The van der Waals surface area contributed by atoms with Crippen molar-refractivity contribution >= 4 is 22.9 Å². The summed E-state index contributed by atoms with van der Waals surface area (Å²) in [7, 11) is 0. The number of aryl methyl sites for hydroxylation is 1. The highest BCUT2D eigenvalue weighted by atomic mass is 16.5. The van der Waals surface area contributed by atoms with Gasteiger partial charge in [-0.05, 0) is 19.1 Å². The van der Waals surface area contributed by atoms with Gasteiger partial charge in [0.05, 0.1) is 5.69 Å². The number of benzene rings is 1. The molecule has 0 aliphatic heterocycles. The van der Waals surface area contributed by atoms with E-state index in [2.05, 4.69) is 25.8 Å². The maximum Gasteiger partial charge on any atom is 0.284 e. The van der Waals surface area contributed by atoms with E-state index in [0.717, 1.165) is 10.3 Å². The van der Waals surface area contributed by atoms with Crippen molar-refractivity contribution in [2.24, 2.45) is 0 Å². The van der Waals surface area contributed by atoms with Crippen molar-refractivity contribution in [3.63, 3.8) is 0 Å². The lowest BCUT2D eigenvalue weighted by Gasteiger charge is -2.05. The molecule has 4 aromatic rings. The summed E-state index contributed by atoms with van der Waals surface area (Å²) in [5, 5.41) is 14.1. The Morgan fingerprint density at radius 1 is 1.27 bits per heavy atom. The Bertz CT molecular complexity index is 1140. The fourth-order valence-electron chi connectivity index (χ4n) is 2.46. The maximum atomic E-state index is 12.6. The smallest absolute Gasteiger partial charge is 0.284 e. The number of carbonyl (C=O) groups is 1. The summed E-state index contributed by atoms with van der Waals surface area (Å²) < 4.78 is 7.51. The van der Waals surface area contributed by atoms with Crippen molar-refractivity contribution in [3.05, 3.63) is 58.8 Å². The van der Waals surface area contributed by atoms with Gasteiger partial charge < -0.3 is 9.84 Å². The van der Waals surface area contributed by atoms with E-state index in [1.54, 1.807) is 13.0 Å². The fourth-order valence-corrected chi connectivity index (χ4v) is 2.46. The van der Waals surface area contributed by atoms with E-state index in [4.69, 9.17) is 4.52 Å². The molecule has 0 aliphatic rings. The molecular weight excluding hydrogens is 338 g/mol. The topological polar surface area (TPSA) is 121 Å². The largest absolute Gasteiger partial charge is 0.360 e. The molecule has 0 bridgehead atoms. The van der Waals surface area contributed by atoms with Crippen LogP contribution in [0.25, 0.3) is 16.9 Å². The van der Waals surface area contributed by atoms with Crippen LogP contribution in [0.1, 0.15) is 5.76 Å². The predicted octanol–water partition coefficient (Wildman–Crippen LogP) is 0.912. The number of anilines is 1. The highest BCUT2D eigenvalue weighted by Crippen LogP contribution is 2.11. The van der Waals surface area contributed by atoms with Gasteiger partial charge in [0.15, 0.2) is 17.0 Å². The first-order valence-electron chi connectivity index (χ1n) is 7.71. The number of rotatable bonds is 4. The van der Waals surface area contributed by atoms with Crippen molar-refractivity contribution in [2.75, 3.05) is 5.32 Å². The van der Waals surface area contributed by atoms with Gasteiger partial charge in [0.2, 0.25) is 5.91 Å². The lowest BCUT2D eigenvalue weighted by atomic mass is 10.3. The van der Waals surface area contributed by atoms with Crippen LogP contribution in [0.3, 0.4) is 0 Å². The molecule has 10 nitrogen and oxygen atoms in total. The first kappa shape index (κ1) is 15.7. The van der Waals surface area contributed by atoms with E-state index in [-0.39, 0.29) is 17.9 Å². The summed E-state index contributed by atoms with van der Waals surface area (Å²) in [5.74, 6) is 0.416. The number of hydrogen-bond acceptors (Lipinski definition) is 7. The number of aromatic nitrogens is 6. The molecule has 0 saturated heterocycles. The van der Waals surface area contributed by atoms with Gasteiger partial charge in [-0.15, -0.1) is 5.10 Å². The summed E-state index contributed by atoms with van der Waals surface area (Å²) in [5.41, 5.74) is 0.689. The molecule has 4 rings (SSSR count). The van der Waals surface area contributed by atoms with Crippen LogP contribution < -0.4 is 10.9 Å². The third kappa shape index (κ3) is 2.83. The van der Waals surface area contributed by atoms with Gasteiger partial charge >= 0.3 is 0 Å². The lowest BCUT2D eigenvalue weighted by molar-refractivity contribution is -0.116. The molecule has 0 fully saturated rings. The van der Waals surface area contributed by atoms with Gasteiger partial charge in [-0.3, -0.25) is 14.2 Å². The molecule has 1 N–H and O–H groups in total. The SMILES string of the molecule is Cc1cc(NC(=O)Cn2cnc3c(nnn3-c3ccccc3)c2=O)no1. The molecule has 10 heteroatoms. The van der Waals surface area contributed by atoms with Crippen LogP contribution in [0.5, 0.6) is 0 Å². The Morgan fingerprint density at radius 3 is 2.81 bits per heavy atom. The van der Waals surface area contributed by atoms with Gasteiger partial charge in [-0.25, -0.2) is 4.98 Å². The summed E-state index contributed by atoms with van der Waals surface area (Å²) >= 11 is 0. The fraction of sp³-hybridized carbons (Fsp3) is 0.125. The number of para-hydroxylation sites is 1. The molecule has 1 aromatic carbocycles. The highest BCUT2D eigenvalue weighted by molar-refractivity contribution is 5.89. The zero-order valence-electron chi connectivity index (χ0n) is 13.7. The zero-order chi connectivity index (χ0) is 18.1. The molecule has 1 amide bonds. The van der Waals surface area contributed by atoms with Crippen LogP contribution >= 0.6 is 0 Å². The van der Waals surface area contributed by atoms with Crippen molar-refractivity contribution in [1.82, 2.24) is 29.7 Å². The van der Waals surface area contributed by atoms with Crippen LogP contribution in [-0.4, -0.2) is 35.6 Å². The lowest BCUT2D eigenvalue weighted by Crippen LogP contribution is -2.28. The van der Waals surface area contributed by atoms with E-state index < -0.39 is 11.5 Å². The van der Waals surface area contributed by atoms with E-state index in [0.29, 0.717) is 11.4 Å². The number of nitrogens with one attached hydrogen (secondary N) is 1. The number of hydrogen-bond donors (Lipinski definition) is 1. The summed E-state index contributed by atoms with van der Waals surface area (Å²) in [6.07, 6.45) is 1.29. The second kappa shape index (κ2) is 6.24. The summed E-state index contributed by atoms with van der Waals surface area (Å²) in [4.78, 5) is 28.9. The molecular formula is C16H13N7O3. The molecule has 3 heterocycles. The van der Waals surface area contributed by atoms with Crippen molar-refractivity contribution in [3.8, 4) is 5.69 Å². The first-order chi connectivity index (χ1) is 12.6. The number of nitrogens with zero attached hydrogens (tertiary/aromatic N) is 6. The number of amides is 1. The number of carbonyl (C=O) groups excluding carboxylic acids is 1. The first-order valence-corrected chi connectivity index (χ1v) is 7.71. The Morgan fingerprint density at radius 2 is 2.08 bits per heavy atom. The Labute approximate surface area is 146 Å². The molecule has 3 aromatic heterocycles. The van der Waals surface area contributed by atoms with E-state index in [9.17, 15) is 9.59 Å². The molecule has 0 aliphatic carbocycles. The summed E-state index contributed by atoms with van der Waals surface area (Å²) in [6.45, 7) is 1.48. The quantitative estimate of drug-likeness (QED) is 0.580. The molecule has 130 valence electrons. The Hall–Kier alpha value is -3.82. The number of fused-ring (bicyclic) bond motifs is 1. The molecule has 0 saturated carbocycles. The minimum Gasteiger partial charge on any atom is -0.360 e. The van der Waals surface area contributed by atoms with Crippen LogP contribution in [0.15, 0.2) is 52.0 Å². The van der Waals surface area contributed by atoms with Gasteiger partial charge in [-0.1, -0.05) is 28.6 Å². The van der Waals surface area contributed by atoms with Gasteiger partial charge in [-0.2, -0.15) is 4.68 Å². The van der Waals surface area contributed by atoms with E-state index in [1.807, 2.05) is 30.3 Å². The third-order valence-electron chi connectivity index (χ3n) is 3.64. The molecule has 0 spiro atoms. The third-order valence-corrected chi connectivity index (χ3v) is 3.64. The molecule has 0 atom stereocenters. The normalized spacial score (nSPS) is 11.0. The van der Waals surface area contributed by atoms with Crippen LogP contribution in [0.4, 0.5) is 5.82 Å². The van der Waals surface area contributed by atoms with Gasteiger partial charge in [0.25, 0.3) is 5.56 Å². The predicted molar refractivity (Wildman–Crippen MR) is 90.8 cm³/mol. The molecule has 26 heavy (non-hydrogen) atoms.